The average molecular weight is 554 g/mol. The fourth-order valence-corrected chi connectivity index (χ4v) is 4.67. The van der Waals surface area contributed by atoms with Gasteiger partial charge in [0.2, 0.25) is 5.91 Å². The number of amides is 1. The summed E-state index contributed by atoms with van der Waals surface area (Å²) in [5.74, 6) is -0.136. The molecule has 35 heavy (non-hydrogen) atoms. The lowest BCUT2D eigenvalue weighted by Gasteiger charge is -2.31. The Bertz CT molecular complexity index is 1120. The van der Waals surface area contributed by atoms with Gasteiger partial charge in [0.05, 0.1) is 33.3 Å². The third-order valence-electron chi connectivity index (χ3n) is 5.97. The Balaban J connectivity index is 1.60. The molecule has 5 nitrogen and oxygen atoms in total. The Labute approximate surface area is 224 Å². The zero-order valence-corrected chi connectivity index (χ0v) is 21.9. The number of Topliss-reactive ketones (excluding diaryl/α,β-unsaturated/α-hetero) is 1. The molecule has 0 aliphatic carbocycles. The van der Waals surface area contributed by atoms with E-state index in [1.165, 1.54) is 0 Å². The SMILES string of the molecule is O=C1/C(=C\c2ccc(Cl)c(Cl)c2)CN(C(=O)CCN2CCOCC2)C/C1=C/c1ccc(Cl)c(Cl)c1. The van der Waals surface area contributed by atoms with Crippen molar-refractivity contribution in [2.75, 3.05) is 45.9 Å². The van der Waals surface area contributed by atoms with Crippen molar-refractivity contribution in [1.82, 2.24) is 9.80 Å². The van der Waals surface area contributed by atoms with Crippen LogP contribution >= 0.6 is 46.4 Å². The van der Waals surface area contributed by atoms with E-state index in [1.54, 1.807) is 53.5 Å². The summed E-state index contributed by atoms with van der Waals surface area (Å²) in [6, 6.07) is 10.3. The first-order valence-electron chi connectivity index (χ1n) is 11.2. The second kappa shape index (κ2) is 11.9. The van der Waals surface area contributed by atoms with Crippen molar-refractivity contribution in [1.29, 1.82) is 0 Å². The molecule has 0 N–H and O–H groups in total. The number of piperidine rings is 1. The van der Waals surface area contributed by atoms with Crippen LogP contribution in [0.15, 0.2) is 47.5 Å². The molecule has 0 atom stereocenters. The van der Waals surface area contributed by atoms with Crippen LogP contribution in [0.3, 0.4) is 0 Å². The number of ketones is 1. The van der Waals surface area contributed by atoms with E-state index in [0.29, 0.717) is 57.4 Å². The first-order valence-corrected chi connectivity index (χ1v) is 12.7. The third kappa shape index (κ3) is 6.88. The molecule has 2 aromatic carbocycles. The molecule has 2 heterocycles. The lowest BCUT2D eigenvalue weighted by molar-refractivity contribution is -0.131. The number of hydrogen-bond donors (Lipinski definition) is 0. The van der Waals surface area contributed by atoms with E-state index in [1.807, 2.05) is 0 Å². The normalized spacial score (nSPS) is 19.5. The Morgan fingerprint density at radius 2 is 1.34 bits per heavy atom. The first kappa shape index (κ1) is 26.2. The average Bonchev–Trinajstić information content (AvgIpc) is 2.85. The van der Waals surface area contributed by atoms with Crippen LogP contribution in [0.25, 0.3) is 12.2 Å². The predicted molar refractivity (Wildman–Crippen MR) is 142 cm³/mol. The van der Waals surface area contributed by atoms with Crippen molar-refractivity contribution in [2.45, 2.75) is 6.42 Å². The second-order valence-corrected chi connectivity index (χ2v) is 10.1. The molecule has 2 aliphatic heterocycles. The molecule has 4 rings (SSSR count). The van der Waals surface area contributed by atoms with E-state index in [0.717, 1.165) is 24.2 Å². The Morgan fingerprint density at radius 1 is 0.829 bits per heavy atom. The van der Waals surface area contributed by atoms with Crippen LogP contribution in [0, 0.1) is 0 Å². The van der Waals surface area contributed by atoms with Gasteiger partial charge in [0.25, 0.3) is 0 Å². The molecule has 1 amide bonds. The topological polar surface area (TPSA) is 49.9 Å². The van der Waals surface area contributed by atoms with E-state index in [9.17, 15) is 9.59 Å². The van der Waals surface area contributed by atoms with Gasteiger partial charge in [-0.2, -0.15) is 0 Å². The number of ether oxygens (including phenoxy) is 1. The van der Waals surface area contributed by atoms with Gasteiger partial charge in [-0.25, -0.2) is 0 Å². The molecule has 0 bridgehead atoms. The van der Waals surface area contributed by atoms with Crippen molar-refractivity contribution < 1.29 is 14.3 Å². The number of benzene rings is 2. The highest BCUT2D eigenvalue weighted by molar-refractivity contribution is 6.42. The van der Waals surface area contributed by atoms with Crippen LogP contribution < -0.4 is 0 Å². The molecule has 0 unspecified atom stereocenters. The minimum atomic E-state index is -0.126. The Hall–Kier alpha value is -1.86. The first-order chi connectivity index (χ1) is 16.8. The van der Waals surface area contributed by atoms with E-state index in [2.05, 4.69) is 4.90 Å². The van der Waals surface area contributed by atoms with Crippen LogP contribution in [-0.2, 0) is 14.3 Å². The number of carbonyl (C=O) groups excluding carboxylic acids is 2. The monoisotopic (exact) mass is 552 g/mol. The number of hydrogen-bond acceptors (Lipinski definition) is 4. The van der Waals surface area contributed by atoms with E-state index in [-0.39, 0.29) is 24.8 Å². The van der Waals surface area contributed by atoms with Gasteiger partial charge >= 0.3 is 0 Å². The zero-order chi connectivity index (χ0) is 24.9. The minimum absolute atomic E-state index is 0.0101. The van der Waals surface area contributed by atoms with Gasteiger partial charge in [0.1, 0.15) is 0 Å². The highest BCUT2D eigenvalue weighted by Gasteiger charge is 2.29. The minimum Gasteiger partial charge on any atom is -0.379 e. The molecular weight excluding hydrogens is 530 g/mol. The number of morpholine rings is 1. The highest BCUT2D eigenvalue weighted by atomic mass is 35.5. The number of nitrogens with zero attached hydrogens (tertiary/aromatic N) is 2. The predicted octanol–water partition coefficient (Wildman–Crippen LogP) is 5.90. The maximum Gasteiger partial charge on any atom is 0.224 e. The van der Waals surface area contributed by atoms with Crippen LogP contribution in [0.1, 0.15) is 17.5 Å². The van der Waals surface area contributed by atoms with Crippen LogP contribution in [-0.4, -0.2) is 67.4 Å². The standard InChI is InChI=1S/C26H24Cl4N2O3/c27-21-3-1-17(13-23(21)29)11-19-15-32(25(33)5-6-31-7-9-35-10-8-31)16-20(26(19)34)12-18-2-4-22(28)24(30)14-18/h1-4,11-14H,5-10,15-16H2/b19-11-,20-12-. The smallest absolute Gasteiger partial charge is 0.224 e. The molecule has 2 aliphatic rings. The fraction of sp³-hybridized carbons (Fsp3) is 0.308. The molecule has 2 fully saturated rings. The van der Waals surface area contributed by atoms with Gasteiger partial charge in [0.15, 0.2) is 5.78 Å². The molecule has 184 valence electrons. The van der Waals surface area contributed by atoms with Gasteiger partial charge in [-0.15, -0.1) is 0 Å². The van der Waals surface area contributed by atoms with Crippen molar-refractivity contribution in [3.63, 3.8) is 0 Å². The van der Waals surface area contributed by atoms with Gasteiger partial charge in [-0.3, -0.25) is 14.5 Å². The van der Waals surface area contributed by atoms with Crippen LogP contribution in [0.2, 0.25) is 20.1 Å². The van der Waals surface area contributed by atoms with Gasteiger partial charge in [-0.1, -0.05) is 58.5 Å². The zero-order valence-electron chi connectivity index (χ0n) is 18.9. The third-order valence-corrected chi connectivity index (χ3v) is 7.45. The molecule has 2 saturated heterocycles. The quantitative estimate of drug-likeness (QED) is 0.432. The summed E-state index contributed by atoms with van der Waals surface area (Å²) < 4.78 is 5.38. The molecule has 9 heteroatoms. The van der Waals surface area contributed by atoms with Gasteiger partial charge in [0, 0.05) is 50.3 Å². The maximum absolute atomic E-state index is 13.4. The van der Waals surface area contributed by atoms with Gasteiger partial charge in [-0.05, 0) is 47.5 Å². The fourth-order valence-electron chi connectivity index (χ4n) is 4.06. The molecule has 0 spiro atoms. The number of carbonyl (C=O) groups is 2. The van der Waals surface area contributed by atoms with E-state index < -0.39 is 0 Å². The number of likely N-dealkylation sites (tertiary alicyclic amines) is 1. The summed E-state index contributed by atoms with van der Waals surface area (Å²) in [5.41, 5.74) is 2.47. The van der Waals surface area contributed by atoms with Crippen LogP contribution in [0.4, 0.5) is 0 Å². The Kier molecular flexibility index (Phi) is 8.92. The van der Waals surface area contributed by atoms with Crippen molar-refractivity contribution in [3.05, 3.63) is 78.8 Å². The lowest BCUT2D eigenvalue weighted by Crippen LogP contribution is -2.44. The number of halogens is 4. The molecule has 0 radical (unpaired) electrons. The number of rotatable bonds is 5. The van der Waals surface area contributed by atoms with Crippen molar-refractivity contribution in [2.24, 2.45) is 0 Å². The van der Waals surface area contributed by atoms with E-state index in [4.69, 9.17) is 51.1 Å². The molecule has 0 saturated carbocycles. The van der Waals surface area contributed by atoms with Crippen LogP contribution in [0.5, 0.6) is 0 Å². The largest absolute Gasteiger partial charge is 0.379 e. The lowest BCUT2D eigenvalue weighted by atomic mass is 9.94. The molecule has 0 aromatic heterocycles. The Morgan fingerprint density at radius 3 is 1.83 bits per heavy atom. The summed E-state index contributed by atoms with van der Waals surface area (Å²) in [6.07, 6.45) is 3.89. The second-order valence-electron chi connectivity index (χ2n) is 8.47. The molecular formula is C26H24Cl4N2O3. The summed E-state index contributed by atoms with van der Waals surface area (Å²) in [4.78, 5) is 30.5. The van der Waals surface area contributed by atoms with Gasteiger partial charge < -0.3 is 9.64 Å². The molecule has 2 aromatic rings. The summed E-state index contributed by atoms with van der Waals surface area (Å²) in [7, 11) is 0. The van der Waals surface area contributed by atoms with E-state index >= 15 is 0 Å². The highest BCUT2D eigenvalue weighted by Crippen LogP contribution is 2.28. The van der Waals surface area contributed by atoms with Crippen molar-refractivity contribution >= 4 is 70.2 Å². The summed E-state index contributed by atoms with van der Waals surface area (Å²) in [6.45, 7) is 4.09. The summed E-state index contributed by atoms with van der Waals surface area (Å²) >= 11 is 24.4. The maximum atomic E-state index is 13.4. The summed E-state index contributed by atoms with van der Waals surface area (Å²) in [5, 5.41) is 1.66. The van der Waals surface area contributed by atoms with Crippen molar-refractivity contribution in [3.8, 4) is 0 Å².